The summed E-state index contributed by atoms with van der Waals surface area (Å²) in [6, 6.07) is 8.19. The number of hydrogen-bond acceptors (Lipinski definition) is 3. The maximum absolute atomic E-state index is 9.52. The van der Waals surface area contributed by atoms with E-state index in [0.717, 1.165) is 24.3 Å². The Morgan fingerprint density at radius 2 is 1.71 bits per heavy atom. The van der Waals surface area contributed by atoms with E-state index in [0.29, 0.717) is 5.84 Å². The number of rotatable bonds is 2. The molecule has 0 saturated carbocycles. The summed E-state index contributed by atoms with van der Waals surface area (Å²) in [5.74, 6) is 0.544. The highest BCUT2D eigenvalue weighted by Gasteiger charge is 2.18. The van der Waals surface area contributed by atoms with Gasteiger partial charge in [0.2, 0.25) is 0 Å². The van der Waals surface area contributed by atoms with Gasteiger partial charge in [-0.1, -0.05) is 25.0 Å². The van der Waals surface area contributed by atoms with Crippen LogP contribution in [0, 0.1) is 0 Å². The van der Waals surface area contributed by atoms with Crippen LogP contribution in [0.5, 0.6) is 0 Å². The van der Waals surface area contributed by atoms with Crippen LogP contribution < -0.4 is 10.4 Å². The molecule has 0 spiro atoms. The minimum Gasteiger partial charge on any atom is -0.371 e. The normalized spacial score (nSPS) is 17.5. The zero-order valence-electron chi connectivity index (χ0n) is 13.4. The molecule has 1 saturated heterocycles. The molecular formula is C17H27N3O. The van der Waals surface area contributed by atoms with Crippen molar-refractivity contribution in [1.29, 1.82) is 0 Å². The van der Waals surface area contributed by atoms with Gasteiger partial charge in [0.05, 0.1) is 5.54 Å². The van der Waals surface area contributed by atoms with Crippen molar-refractivity contribution in [2.24, 2.45) is 4.99 Å². The molecule has 1 aromatic carbocycles. The number of nitrogens with zero attached hydrogens (tertiary/aromatic N) is 2. The number of aliphatic imine (C=N–C) groups is 1. The number of nitrogens with one attached hydrogen (secondary N) is 1. The third-order valence-electron chi connectivity index (χ3n) is 3.66. The van der Waals surface area contributed by atoms with Gasteiger partial charge in [-0.25, -0.2) is 0 Å². The Morgan fingerprint density at radius 1 is 1.10 bits per heavy atom. The highest BCUT2D eigenvalue weighted by atomic mass is 16.5. The summed E-state index contributed by atoms with van der Waals surface area (Å²) in [5.41, 5.74) is 4.18. The monoisotopic (exact) mass is 289 g/mol. The molecule has 4 nitrogen and oxygen atoms in total. The van der Waals surface area contributed by atoms with Crippen LogP contribution in [0.15, 0.2) is 29.3 Å². The molecule has 0 unspecified atom stereocenters. The van der Waals surface area contributed by atoms with Crippen molar-refractivity contribution < 1.29 is 5.21 Å². The van der Waals surface area contributed by atoms with Gasteiger partial charge in [0, 0.05) is 24.3 Å². The fourth-order valence-corrected chi connectivity index (χ4v) is 2.74. The molecule has 1 fully saturated rings. The first kappa shape index (κ1) is 15.8. The molecule has 2 rings (SSSR count). The van der Waals surface area contributed by atoms with Crippen LogP contribution in [0.25, 0.3) is 0 Å². The third kappa shape index (κ3) is 4.46. The molecule has 2 N–H and O–H groups in total. The lowest BCUT2D eigenvalue weighted by Gasteiger charge is -2.26. The van der Waals surface area contributed by atoms with E-state index in [1.807, 2.05) is 32.9 Å². The molecule has 1 aliphatic rings. The smallest absolute Gasteiger partial charge is 0.154 e. The van der Waals surface area contributed by atoms with E-state index in [1.54, 1.807) is 0 Å². The summed E-state index contributed by atoms with van der Waals surface area (Å²) >= 11 is 0. The molecule has 0 atom stereocenters. The zero-order chi connectivity index (χ0) is 15.3. The van der Waals surface area contributed by atoms with Gasteiger partial charge in [0.1, 0.15) is 0 Å². The second-order valence-corrected chi connectivity index (χ2v) is 6.66. The topological polar surface area (TPSA) is 47.9 Å². The van der Waals surface area contributed by atoms with E-state index in [2.05, 4.69) is 27.5 Å². The van der Waals surface area contributed by atoms with Crippen molar-refractivity contribution in [3.05, 3.63) is 29.8 Å². The molecule has 1 aromatic rings. The summed E-state index contributed by atoms with van der Waals surface area (Å²) in [5, 5.41) is 9.52. The molecule has 21 heavy (non-hydrogen) atoms. The van der Waals surface area contributed by atoms with Crippen LogP contribution in [0.4, 0.5) is 5.69 Å². The lowest BCUT2D eigenvalue weighted by atomic mass is 10.1. The second-order valence-electron chi connectivity index (χ2n) is 6.66. The lowest BCUT2D eigenvalue weighted by Crippen LogP contribution is -2.30. The standard InChI is InChI=1S/C17H27N3O/c1-17(2,3)18-16(19-21)14-10-6-7-11-15(14)20-12-8-4-5-9-13-20/h6-7,10-11,21H,4-5,8-9,12-13H2,1-3H3,(H,18,19). The van der Waals surface area contributed by atoms with Crippen molar-refractivity contribution >= 4 is 11.5 Å². The quantitative estimate of drug-likeness (QED) is 0.497. The van der Waals surface area contributed by atoms with Gasteiger partial charge >= 0.3 is 0 Å². The Morgan fingerprint density at radius 3 is 2.29 bits per heavy atom. The van der Waals surface area contributed by atoms with Gasteiger partial charge in [-0.15, -0.1) is 0 Å². The van der Waals surface area contributed by atoms with Crippen LogP contribution in [0.3, 0.4) is 0 Å². The van der Waals surface area contributed by atoms with Crippen LogP contribution in [0.1, 0.15) is 52.0 Å². The van der Waals surface area contributed by atoms with E-state index in [4.69, 9.17) is 0 Å². The SMILES string of the molecule is CC(C)(C)N=C(NO)c1ccccc1N1CCCCCC1. The Kier molecular flexibility index (Phi) is 5.23. The first-order chi connectivity index (χ1) is 10.0. The fourth-order valence-electron chi connectivity index (χ4n) is 2.74. The lowest BCUT2D eigenvalue weighted by molar-refractivity contribution is 0.233. The average molecular weight is 289 g/mol. The summed E-state index contributed by atoms with van der Waals surface area (Å²) in [4.78, 5) is 7.02. The first-order valence-electron chi connectivity index (χ1n) is 7.85. The molecule has 0 amide bonds. The summed E-state index contributed by atoms with van der Waals surface area (Å²) < 4.78 is 0. The molecule has 0 radical (unpaired) electrons. The van der Waals surface area contributed by atoms with Crippen LogP contribution in [-0.4, -0.2) is 29.7 Å². The van der Waals surface area contributed by atoms with Crippen LogP contribution in [-0.2, 0) is 0 Å². The molecular weight excluding hydrogens is 262 g/mol. The third-order valence-corrected chi connectivity index (χ3v) is 3.66. The van der Waals surface area contributed by atoms with Gasteiger partial charge in [-0.2, -0.15) is 0 Å². The summed E-state index contributed by atoms with van der Waals surface area (Å²) in [7, 11) is 0. The van der Waals surface area contributed by atoms with Gasteiger partial charge in [-0.05, 0) is 45.7 Å². The molecule has 4 heteroatoms. The Balaban J connectivity index is 2.37. The maximum atomic E-state index is 9.52. The van der Waals surface area contributed by atoms with Crippen molar-refractivity contribution in [3.63, 3.8) is 0 Å². The first-order valence-corrected chi connectivity index (χ1v) is 7.85. The number of benzene rings is 1. The molecule has 0 aromatic heterocycles. The molecule has 0 bridgehead atoms. The van der Waals surface area contributed by atoms with Crippen LogP contribution >= 0.6 is 0 Å². The predicted octanol–water partition coefficient (Wildman–Crippen LogP) is 3.59. The number of anilines is 1. The Bertz CT molecular complexity index is 483. The summed E-state index contributed by atoms with van der Waals surface area (Å²) in [6.07, 6.45) is 5.07. The Labute approximate surface area is 127 Å². The van der Waals surface area contributed by atoms with Crippen LogP contribution in [0.2, 0.25) is 0 Å². The average Bonchev–Trinajstić information content (AvgIpc) is 2.73. The van der Waals surface area contributed by atoms with Crippen molar-refractivity contribution in [1.82, 2.24) is 5.48 Å². The van der Waals surface area contributed by atoms with Gasteiger partial charge < -0.3 is 4.90 Å². The predicted molar refractivity (Wildman–Crippen MR) is 88.3 cm³/mol. The number of hydrogen-bond donors (Lipinski definition) is 2. The van der Waals surface area contributed by atoms with Crippen molar-refractivity contribution in [3.8, 4) is 0 Å². The van der Waals surface area contributed by atoms with Gasteiger partial charge in [-0.3, -0.25) is 15.7 Å². The highest BCUT2D eigenvalue weighted by molar-refractivity contribution is 6.03. The maximum Gasteiger partial charge on any atom is 0.154 e. The fraction of sp³-hybridized carbons (Fsp3) is 0.588. The van der Waals surface area contributed by atoms with Crippen molar-refractivity contribution in [2.45, 2.75) is 52.0 Å². The molecule has 1 aliphatic heterocycles. The number of para-hydroxylation sites is 1. The van der Waals surface area contributed by atoms with E-state index in [1.165, 1.54) is 25.7 Å². The highest BCUT2D eigenvalue weighted by Crippen LogP contribution is 2.24. The summed E-state index contributed by atoms with van der Waals surface area (Å²) in [6.45, 7) is 8.23. The molecule has 116 valence electrons. The second kappa shape index (κ2) is 6.94. The van der Waals surface area contributed by atoms with Crippen molar-refractivity contribution in [2.75, 3.05) is 18.0 Å². The van der Waals surface area contributed by atoms with Gasteiger partial charge in [0.15, 0.2) is 5.84 Å². The Hall–Kier alpha value is -1.55. The molecule has 0 aliphatic carbocycles. The van der Waals surface area contributed by atoms with E-state index < -0.39 is 0 Å². The van der Waals surface area contributed by atoms with E-state index >= 15 is 0 Å². The number of amidine groups is 1. The minimum absolute atomic E-state index is 0.239. The van der Waals surface area contributed by atoms with Gasteiger partial charge in [0.25, 0.3) is 0 Å². The largest absolute Gasteiger partial charge is 0.371 e. The van der Waals surface area contributed by atoms with E-state index in [9.17, 15) is 5.21 Å². The van der Waals surface area contributed by atoms with E-state index in [-0.39, 0.29) is 5.54 Å². The zero-order valence-corrected chi connectivity index (χ0v) is 13.4. The number of hydroxylamine groups is 1. The molecule has 1 heterocycles. The minimum atomic E-state index is -0.239.